The maximum Gasteiger partial charge on any atom is 0.310 e. The fourth-order valence-corrected chi connectivity index (χ4v) is 3.78. The molecule has 1 spiro atoms. The Labute approximate surface area is 143 Å². The van der Waals surface area contributed by atoms with Crippen LogP contribution in [0.25, 0.3) is 0 Å². The smallest absolute Gasteiger partial charge is 0.310 e. The molecule has 24 heavy (non-hydrogen) atoms. The Morgan fingerprint density at radius 2 is 2.04 bits per heavy atom. The van der Waals surface area contributed by atoms with Crippen molar-refractivity contribution in [2.45, 2.75) is 51.0 Å². The van der Waals surface area contributed by atoms with E-state index in [9.17, 15) is 4.79 Å². The average molecular weight is 333 g/mol. The van der Waals surface area contributed by atoms with Crippen molar-refractivity contribution in [1.29, 1.82) is 0 Å². The van der Waals surface area contributed by atoms with Crippen LogP contribution in [-0.2, 0) is 19.0 Å². The number of hydrogen-bond donors (Lipinski definition) is 1. The highest BCUT2D eigenvalue weighted by molar-refractivity contribution is 5.73. The number of ether oxygens (including phenoxy) is 3. The lowest BCUT2D eigenvalue weighted by molar-refractivity contribution is -0.194. The van der Waals surface area contributed by atoms with Gasteiger partial charge in [0.05, 0.1) is 25.7 Å². The minimum Gasteiger partial charge on any atom is -0.466 e. The zero-order valence-electron chi connectivity index (χ0n) is 14.5. The van der Waals surface area contributed by atoms with Crippen LogP contribution in [0.2, 0.25) is 0 Å². The van der Waals surface area contributed by atoms with Crippen LogP contribution in [-0.4, -0.2) is 37.6 Å². The normalized spacial score (nSPS) is 27.1. The molecule has 0 unspecified atom stereocenters. The summed E-state index contributed by atoms with van der Waals surface area (Å²) < 4.78 is 17.0. The summed E-state index contributed by atoms with van der Waals surface area (Å²) in [4.78, 5) is 12.4. The second-order valence-electron chi connectivity index (χ2n) is 6.61. The first kappa shape index (κ1) is 17.4. The summed E-state index contributed by atoms with van der Waals surface area (Å²) in [6, 6.07) is 10.4. The molecule has 1 saturated carbocycles. The summed E-state index contributed by atoms with van der Waals surface area (Å²) in [7, 11) is 0. The number of carbonyl (C=O) groups is 1. The Morgan fingerprint density at radius 1 is 1.33 bits per heavy atom. The van der Waals surface area contributed by atoms with Gasteiger partial charge >= 0.3 is 5.97 Å². The van der Waals surface area contributed by atoms with E-state index in [2.05, 4.69) is 24.4 Å². The molecule has 0 bridgehead atoms. The molecule has 0 aromatic heterocycles. The molecule has 1 aliphatic heterocycles. The summed E-state index contributed by atoms with van der Waals surface area (Å²) in [6.07, 6.45) is 2.14. The van der Waals surface area contributed by atoms with Gasteiger partial charge in [-0.25, -0.2) is 0 Å². The molecule has 5 nitrogen and oxygen atoms in total. The lowest BCUT2D eigenvalue weighted by atomic mass is 9.80. The lowest BCUT2D eigenvalue weighted by Gasteiger charge is -2.41. The Kier molecular flexibility index (Phi) is 5.54. The number of esters is 1. The molecule has 1 saturated heterocycles. The van der Waals surface area contributed by atoms with Gasteiger partial charge in [-0.15, -0.1) is 0 Å². The first-order valence-corrected chi connectivity index (χ1v) is 8.89. The third-order valence-electron chi connectivity index (χ3n) is 5.02. The van der Waals surface area contributed by atoms with Gasteiger partial charge < -0.3 is 19.5 Å². The molecule has 2 aliphatic rings. The maximum atomic E-state index is 12.4. The van der Waals surface area contributed by atoms with E-state index in [0.29, 0.717) is 26.2 Å². The van der Waals surface area contributed by atoms with Crippen molar-refractivity contribution >= 4 is 5.97 Å². The molecule has 1 N–H and O–H groups in total. The largest absolute Gasteiger partial charge is 0.466 e. The van der Waals surface area contributed by atoms with Crippen molar-refractivity contribution in [3.8, 4) is 0 Å². The van der Waals surface area contributed by atoms with Crippen LogP contribution >= 0.6 is 0 Å². The Morgan fingerprint density at radius 3 is 2.71 bits per heavy atom. The van der Waals surface area contributed by atoms with E-state index in [1.165, 1.54) is 5.56 Å². The first-order chi connectivity index (χ1) is 11.6. The van der Waals surface area contributed by atoms with E-state index in [0.717, 1.165) is 12.8 Å². The third kappa shape index (κ3) is 3.79. The van der Waals surface area contributed by atoms with Gasteiger partial charge in [0.25, 0.3) is 0 Å². The monoisotopic (exact) mass is 333 g/mol. The van der Waals surface area contributed by atoms with Crippen LogP contribution < -0.4 is 5.32 Å². The van der Waals surface area contributed by atoms with Gasteiger partial charge in [-0.05, 0) is 25.8 Å². The standard InChI is InChI=1S/C19H27NO4/c1-3-22-18(21)16-9-10-19(23-11-12-24-19)13-17(16)20-14(2)15-7-5-4-6-8-15/h4-8,14,16-17,20H,3,9-13H2,1-2H3/t14-,16+,17-/m1/s1. The van der Waals surface area contributed by atoms with Gasteiger partial charge in [0.15, 0.2) is 5.79 Å². The number of rotatable bonds is 5. The van der Waals surface area contributed by atoms with E-state index < -0.39 is 5.79 Å². The van der Waals surface area contributed by atoms with Crippen LogP contribution in [0.1, 0.15) is 44.7 Å². The van der Waals surface area contributed by atoms with Crippen LogP contribution in [0.5, 0.6) is 0 Å². The quantitative estimate of drug-likeness (QED) is 0.840. The van der Waals surface area contributed by atoms with Crippen LogP contribution in [0.3, 0.4) is 0 Å². The number of benzene rings is 1. The molecule has 1 aromatic carbocycles. The van der Waals surface area contributed by atoms with Crippen molar-refractivity contribution < 1.29 is 19.0 Å². The minimum atomic E-state index is -0.531. The molecule has 5 heteroatoms. The predicted octanol–water partition coefficient (Wildman–Crippen LogP) is 2.81. The van der Waals surface area contributed by atoms with Crippen LogP contribution in [0, 0.1) is 5.92 Å². The summed E-state index contributed by atoms with van der Waals surface area (Å²) >= 11 is 0. The van der Waals surface area contributed by atoms with E-state index in [1.54, 1.807) is 0 Å². The highest BCUT2D eigenvalue weighted by Gasteiger charge is 2.47. The van der Waals surface area contributed by atoms with Crippen molar-refractivity contribution in [2.75, 3.05) is 19.8 Å². The fourth-order valence-electron chi connectivity index (χ4n) is 3.78. The molecule has 0 radical (unpaired) electrons. The second kappa shape index (κ2) is 7.64. The summed E-state index contributed by atoms with van der Waals surface area (Å²) in [5.41, 5.74) is 1.20. The molecule has 1 aliphatic carbocycles. The van der Waals surface area contributed by atoms with E-state index in [-0.39, 0.29) is 24.0 Å². The topological polar surface area (TPSA) is 56.8 Å². The van der Waals surface area contributed by atoms with Crippen molar-refractivity contribution in [3.63, 3.8) is 0 Å². The van der Waals surface area contributed by atoms with E-state index >= 15 is 0 Å². The zero-order valence-corrected chi connectivity index (χ0v) is 14.5. The molecular formula is C19H27NO4. The highest BCUT2D eigenvalue weighted by Crippen LogP contribution is 2.39. The zero-order chi connectivity index (χ0) is 17.0. The second-order valence-corrected chi connectivity index (χ2v) is 6.61. The average Bonchev–Trinajstić information content (AvgIpc) is 3.04. The lowest BCUT2D eigenvalue weighted by Crippen LogP contribution is -2.52. The Bertz CT molecular complexity index is 542. The predicted molar refractivity (Wildman–Crippen MR) is 90.4 cm³/mol. The van der Waals surface area contributed by atoms with Gasteiger partial charge in [-0.2, -0.15) is 0 Å². The van der Waals surface area contributed by atoms with Gasteiger partial charge in [0.1, 0.15) is 0 Å². The van der Waals surface area contributed by atoms with E-state index in [1.807, 2.05) is 25.1 Å². The summed E-state index contributed by atoms with van der Waals surface area (Å²) in [5.74, 6) is -0.811. The molecule has 3 rings (SSSR count). The number of nitrogens with one attached hydrogen (secondary N) is 1. The molecular weight excluding hydrogens is 306 g/mol. The van der Waals surface area contributed by atoms with Crippen molar-refractivity contribution in [1.82, 2.24) is 5.32 Å². The van der Waals surface area contributed by atoms with Crippen LogP contribution in [0.15, 0.2) is 30.3 Å². The van der Waals surface area contributed by atoms with Crippen molar-refractivity contribution in [3.05, 3.63) is 35.9 Å². The molecule has 1 aromatic rings. The minimum absolute atomic E-state index is 0.0221. The SMILES string of the molecule is CCOC(=O)[C@H]1CCC2(C[C@H]1N[C@H](C)c1ccccc1)OCCO2. The Balaban J connectivity index is 1.74. The Hall–Kier alpha value is -1.43. The van der Waals surface area contributed by atoms with E-state index in [4.69, 9.17) is 14.2 Å². The molecule has 1 heterocycles. The van der Waals surface area contributed by atoms with Crippen LogP contribution in [0.4, 0.5) is 0 Å². The third-order valence-corrected chi connectivity index (χ3v) is 5.02. The van der Waals surface area contributed by atoms with Gasteiger partial charge in [0, 0.05) is 24.9 Å². The first-order valence-electron chi connectivity index (χ1n) is 8.89. The fraction of sp³-hybridized carbons (Fsp3) is 0.632. The molecule has 3 atom stereocenters. The number of hydrogen-bond acceptors (Lipinski definition) is 5. The molecule has 132 valence electrons. The molecule has 2 fully saturated rings. The van der Waals surface area contributed by atoms with Crippen molar-refractivity contribution in [2.24, 2.45) is 5.92 Å². The molecule has 0 amide bonds. The van der Waals surface area contributed by atoms with Gasteiger partial charge in [-0.1, -0.05) is 30.3 Å². The van der Waals surface area contributed by atoms with Gasteiger partial charge in [0.2, 0.25) is 0 Å². The summed E-state index contributed by atoms with van der Waals surface area (Å²) in [6.45, 7) is 5.64. The van der Waals surface area contributed by atoms with Gasteiger partial charge in [-0.3, -0.25) is 4.79 Å². The highest BCUT2D eigenvalue weighted by atomic mass is 16.7. The number of carbonyl (C=O) groups excluding carboxylic acids is 1. The maximum absolute atomic E-state index is 12.4. The summed E-state index contributed by atoms with van der Waals surface area (Å²) in [5, 5.41) is 3.61.